The smallest absolute Gasteiger partial charge is 0.00646 e. The fourth-order valence-electron chi connectivity index (χ4n) is 0.534. The van der Waals surface area contributed by atoms with Gasteiger partial charge in [0.2, 0.25) is 0 Å². The first kappa shape index (κ1) is 9.09. The summed E-state index contributed by atoms with van der Waals surface area (Å²) in [6, 6.07) is 0. The van der Waals surface area contributed by atoms with E-state index in [0.717, 1.165) is 12.8 Å². The summed E-state index contributed by atoms with van der Waals surface area (Å²) in [4.78, 5) is 0. The van der Waals surface area contributed by atoms with E-state index in [2.05, 4.69) is 13.5 Å². The quantitative estimate of drug-likeness (QED) is 0.407. The molecule has 0 saturated carbocycles. The highest BCUT2D eigenvalue weighted by atomic mass is 32.2. The molecule has 0 atom stereocenters. The summed E-state index contributed by atoms with van der Waals surface area (Å²) in [5.41, 5.74) is 0. The van der Waals surface area contributed by atoms with Crippen molar-refractivity contribution < 1.29 is 0 Å². The summed E-state index contributed by atoms with van der Waals surface area (Å²) >= 11 is 1.98. The summed E-state index contributed by atoms with van der Waals surface area (Å²) < 4.78 is 0. The normalized spacial score (nSPS) is 9.44. The van der Waals surface area contributed by atoms with Crippen molar-refractivity contribution in [3.63, 3.8) is 0 Å². The number of unbranched alkanes of at least 4 members (excludes halogenated alkanes) is 1. The lowest BCUT2D eigenvalue weighted by Crippen LogP contribution is -1.80. The molecule has 0 heterocycles. The minimum absolute atomic E-state index is 1.05. The minimum Gasteiger partial charge on any atom is -0.162 e. The molecule has 0 spiro atoms. The molecule has 0 aliphatic carbocycles. The summed E-state index contributed by atoms with van der Waals surface area (Å²) in [6.07, 6.45) is 5.46. The molecular weight excluding hydrogens is 128 g/mol. The van der Waals surface area contributed by atoms with Crippen LogP contribution in [-0.4, -0.2) is 11.5 Å². The third kappa shape index (κ3) is 8.09. The Balaban J connectivity index is 2.66. The molecule has 0 fully saturated rings. The molecule has 1 radical (unpaired) electrons. The molecule has 0 aromatic heterocycles. The van der Waals surface area contributed by atoms with Crippen LogP contribution >= 0.6 is 11.8 Å². The summed E-state index contributed by atoms with van der Waals surface area (Å²) in [5.74, 6) is 2.47. The Hall–Kier alpha value is 0.0900. The molecule has 9 heavy (non-hydrogen) atoms. The monoisotopic (exact) mass is 143 g/mol. The van der Waals surface area contributed by atoms with Crippen LogP contribution in [0.3, 0.4) is 0 Å². The predicted octanol–water partition coefficient (Wildman–Crippen LogP) is 2.91. The van der Waals surface area contributed by atoms with Crippen LogP contribution in [0.1, 0.15) is 19.3 Å². The van der Waals surface area contributed by atoms with Gasteiger partial charge in [-0.1, -0.05) is 13.0 Å². The third-order valence-corrected chi connectivity index (χ3v) is 2.14. The lowest BCUT2D eigenvalue weighted by atomic mass is 10.3. The predicted molar refractivity (Wildman–Crippen MR) is 46.7 cm³/mol. The van der Waals surface area contributed by atoms with E-state index in [0.29, 0.717) is 0 Å². The number of allylic oxidation sites excluding steroid dienone is 1. The molecule has 0 N–H and O–H groups in total. The van der Waals surface area contributed by atoms with Gasteiger partial charge in [-0.2, -0.15) is 11.8 Å². The second-order valence-electron chi connectivity index (χ2n) is 1.90. The molecule has 0 nitrogen and oxygen atoms in total. The lowest BCUT2D eigenvalue weighted by Gasteiger charge is -1.94. The maximum absolute atomic E-state index is 3.76. The maximum Gasteiger partial charge on any atom is -0.00646 e. The van der Waals surface area contributed by atoms with E-state index in [4.69, 9.17) is 0 Å². The molecule has 1 heteroatoms. The molecule has 0 saturated heterocycles. The van der Waals surface area contributed by atoms with Gasteiger partial charge < -0.3 is 0 Å². The van der Waals surface area contributed by atoms with Crippen LogP contribution in [0.4, 0.5) is 0 Å². The van der Waals surface area contributed by atoms with Crippen LogP contribution in [0.15, 0.2) is 12.7 Å². The second-order valence-corrected chi connectivity index (χ2v) is 3.12. The number of rotatable bonds is 6. The van der Waals surface area contributed by atoms with Crippen molar-refractivity contribution in [3.05, 3.63) is 19.6 Å². The largest absolute Gasteiger partial charge is 0.162 e. The van der Waals surface area contributed by atoms with Gasteiger partial charge in [-0.05, 0) is 30.8 Å². The Morgan fingerprint density at radius 2 is 2.11 bits per heavy atom. The van der Waals surface area contributed by atoms with Crippen molar-refractivity contribution >= 4 is 11.8 Å². The van der Waals surface area contributed by atoms with E-state index in [1.165, 1.54) is 17.9 Å². The zero-order valence-electron chi connectivity index (χ0n) is 5.94. The van der Waals surface area contributed by atoms with Gasteiger partial charge in [-0.3, -0.25) is 0 Å². The molecule has 0 aromatic carbocycles. The van der Waals surface area contributed by atoms with Crippen molar-refractivity contribution in [2.75, 3.05) is 11.5 Å². The molecule has 0 amide bonds. The average molecular weight is 143 g/mol. The fourth-order valence-corrected chi connectivity index (χ4v) is 1.31. The first-order chi connectivity index (χ1) is 4.41. The highest BCUT2D eigenvalue weighted by molar-refractivity contribution is 7.99. The molecule has 0 unspecified atom stereocenters. The summed E-state index contributed by atoms with van der Waals surface area (Å²) in [5, 5.41) is 0. The first-order valence-corrected chi connectivity index (χ1v) is 4.55. The van der Waals surface area contributed by atoms with Crippen LogP contribution in [0, 0.1) is 6.92 Å². The Bertz CT molecular complexity index is 59.6. The number of thioether (sulfide) groups is 1. The zero-order chi connectivity index (χ0) is 6.95. The van der Waals surface area contributed by atoms with Gasteiger partial charge >= 0.3 is 0 Å². The Morgan fingerprint density at radius 1 is 1.33 bits per heavy atom. The maximum atomic E-state index is 3.76. The van der Waals surface area contributed by atoms with Crippen molar-refractivity contribution in [1.82, 2.24) is 0 Å². The first-order valence-electron chi connectivity index (χ1n) is 3.39. The van der Waals surface area contributed by atoms with E-state index in [-0.39, 0.29) is 0 Å². The molecule has 0 aromatic rings. The van der Waals surface area contributed by atoms with Crippen molar-refractivity contribution in [1.29, 1.82) is 0 Å². The van der Waals surface area contributed by atoms with E-state index < -0.39 is 0 Å². The van der Waals surface area contributed by atoms with Gasteiger partial charge in [0.15, 0.2) is 0 Å². The topological polar surface area (TPSA) is 0 Å². The summed E-state index contributed by atoms with van der Waals surface area (Å²) in [6.45, 7) is 7.42. The van der Waals surface area contributed by atoms with Crippen LogP contribution in [0.5, 0.6) is 0 Å². The SMILES string of the molecule is [CH2]CCSCCCC=C. The van der Waals surface area contributed by atoms with Crippen molar-refractivity contribution in [2.24, 2.45) is 0 Å². The highest BCUT2D eigenvalue weighted by Crippen LogP contribution is 2.05. The Kier molecular flexibility index (Phi) is 8.17. The zero-order valence-corrected chi connectivity index (χ0v) is 6.75. The summed E-state index contributed by atoms with van der Waals surface area (Å²) in [7, 11) is 0. The minimum atomic E-state index is 1.05. The molecule has 0 aliphatic rings. The average Bonchev–Trinajstić information content (AvgIpc) is 1.89. The highest BCUT2D eigenvalue weighted by Gasteiger charge is 1.84. The number of hydrogen-bond donors (Lipinski definition) is 0. The van der Waals surface area contributed by atoms with Gasteiger partial charge in [0, 0.05) is 0 Å². The van der Waals surface area contributed by atoms with E-state index in [9.17, 15) is 0 Å². The fraction of sp³-hybridized carbons (Fsp3) is 0.625. The molecule has 0 aliphatic heterocycles. The Labute approximate surface area is 62.7 Å². The van der Waals surface area contributed by atoms with Crippen LogP contribution in [0.2, 0.25) is 0 Å². The molecule has 53 valence electrons. The van der Waals surface area contributed by atoms with Gasteiger partial charge in [0.05, 0.1) is 0 Å². The molecule has 0 bridgehead atoms. The van der Waals surface area contributed by atoms with E-state index in [1.54, 1.807) is 0 Å². The molecular formula is C8H15S. The van der Waals surface area contributed by atoms with Gasteiger partial charge in [0.25, 0.3) is 0 Å². The van der Waals surface area contributed by atoms with Gasteiger partial charge in [0.1, 0.15) is 0 Å². The lowest BCUT2D eigenvalue weighted by molar-refractivity contribution is 0.973. The Morgan fingerprint density at radius 3 is 2.67 bits per heavy atom. The van der Waals surface area contributed by atoms with Crippen molar-refractivity contribution in [2.45, 2.75) is 19.3 Å². The van der Waals surface area contributed by atoms with E-state index in [1.807, 2.05) is 17.8 Å². The van der Waals surface area contributed by atoms with Gasteiger partial charge in [-0.15, -0.1) is 6.58 Å². The van der Waals surface area contributed by atoms with Crippen LogP contribution in [0.25, 0.3) is 0 Å². The van der Waals surface area contributed by atoms with Crippen LogP contribution < -0.4 is 0 Å². The van der Waals surface area contributed by atoms with Crippen LogP contribution in [-0.2, 0) is 0 Å². The molecule has 0 rings (SSSR count). The third-order valence-electron chi connectivity index (χ3n) is 0.986. The standard InChI is InChI=1S/C8H15S/c1-3-5-6-8-9-7-4-2/h3H,1-2,4-8H2. The number of hydrogen-bond acceptors (Lipinski definition) is 1. The van der Waals surface area contributed by atoms with Gasteiger partial charge in [-0.25, -0.2) is 0 Å². The van der Waals surface area contributed by atoms with Crippen molar-refractivity contribution in [3.8, 4) is 0 Å². The van der Waals surface area contributed by atoms with E-state index >= 15 is 0 Å². The second kappa shape index (κ2) is 8.09.